The molecule has 2 N–H and O–H groups in total. The van der Waals surface area contributed by atoms with Gasteiger partial charge in [0, 0.05) is 19.5 Å². The number of hydrogen-bond donors (Lipinski definition) is 2. The molecule has 1 aromatic rings. The molecule has 3 atom stereocenters. The fourth-order valence-electron chi connectivity index (χ4n) is 3.33. The van der Waals surface area contributed by atoms with E-state index in [9.17, 15) is 14.7 Å². The minimum atomic E-state index is -0.920. The molecule has 1 fully saturated rings. The van der Waals surface area contributed by atoms with Crippen molar-refractivity contribution in [2.75, 3.05) is 13.1 Å². The number of hydrogen-bond acceptors (Lipinski definition) is 3. The molecular formula is C16H20N2O3. The average molecular weight is 288 g/mol. The number of rotatable bonds is 2. The van der Waals surface area contributed by atoms with Crippen LogP contribution in [0.25, 0.3) is 0 Å². The standard InChI is InChI=1S/C16H20N2O3/c1-10-7-17-8-13(10)15(19)18-9-12-5-3-2-4-11(12)6-14(18)16(20)21/h2-5,10,13-14,17H,6-9H2,1H3,(H,20,21)/t10-,13-,14-/m1/s1. The van der Waals surface area contributed by atoms with Crippen molar-refractivity contribution in [3.63, 3.8) is 0 Å². The van der Waals surface area contributed by atoms with E-state index in [4.69, 9.17) is 0 Å². The molecule has 5 nitrogen and oxygen atoms in total. The molecule has 2 heterocycles. The van der Waals surface area contributed by atoms with Crippen LogP contribution in [0.3, 0.4) is 0 Å². The van der Waals surface area contributed by atoms with Crippen molar-refractivity contribution >= 4 is 11.9 Å². The normalized spacial score (nSPS) is 28.2. The third kappa shape index (κ3) is 2.53. The van der Waals surface area contributed by atoms with Crippen molar-refractivity contribution in [2.45, 2.75) is 25.9 Å². The zero-order valence-electron chi connectivity index (χ0n) is 12.1. The molecule has 1 saturated heterocycles. The van der Waals surface area contributed by atoms with E-state index in [1.54, 1.807) is 4.90 Å². The van der Waals surface area contributed by atoms with Crippen molar-refractivity contribution in [3.8, 4) is 0 Å². The molecule has 21 heavy (non-hydrogen) atoms. The molecule has 1 aromatic carbocycles. The molecule has 5 heteroatoms. The number of carbonyl (C=O) groups is 2. The zero-order chi connectivity index (χ0) is 15.0. The highest BCUT2D eigenvalue weighted by Crippen LogP contribution is 2.27. The van der Waals surface area contributed by atoms with Crippen LogP contribution in [0.4, 0.5) is 0 Å². The van der Waals surface area contributed by atoms with Gasteiger partial charge in [0.1, 0.15) is 6.04 Å². The number of benzene rings is 1. The second-order valence-corrected chi connectivity index (χ2v) is 6.04. The maximum absolute atomic E-state index is 12.8. The molecule has 112 valence electrons. The van der Waals surface area contributed by atoms with Gasteiger partial charge < -0.3 is 15.3 Å². The third-order valence-electron chi connectivity index (χ3n) is 4.65. The molecule has 2 aliphatic rings. The summed E-state index contributed by atoms with van der Waals surface area (Å²) in [5, 5.41) is 12.7. The first-order valence-electron chi connectivity index (χ1n) is 7.38. The first kappa shape index (κ1) is 14.1. The number of nitrogens with one attached hydrogen (secondary N) is 1. The minimum absolute atomic E-state index is 0.0330. The fraction of sp³-hybridized carbons (Fsp3) is 0.500. The van der Waals surface area contributed by atoms with Gasteiger partial charge in [-0.15, -0.1) is 0 Å². The van der Waals surface area contributed by atoms with Gasteiger partial charge in [-0.25, -0.2) is 4.79 Å². The van der Waals surface area contributed by atoms with Crippen LogP contribution in [-0.4, -0.2) is 41.0 Å². The number of aliphatic carboxylic acids is 1. The summed E-state index contributed by atoms with van der Waals surface area (Å²) in [6.07, 6.45) is 0.395. The summed E-state index contributed by atoms with van der Waals surface area (Å²) in [7, 11) is 0. The third-order valence-corrected chi connectivity index (χ3v) is 4.65. The quantitative estimate of drug-likeness (QED) is 0.847. The van der Waals surface area contributed by atoms with E-state index in [0.717, 1.165) is 17.7 Å². The highest BCUT2D eigenvalue weighted by atomic mass is 16.4. The molecular weight excluding hydrogens is 268 g/mol. The molecule has 2 aliphatic heterocycles. The monoisotopic (exact) mass is 288 g/mol. The number of nitrogens with zero attached hydrogens (tertiary/aromatic N) is 1. The molecule has 0 aliphatic carbocycles. The summed E-state index contributed by atoms with van der Waals surface area (Å²) in [5.41, 5.74) is 2.09. The van der Waals surface area contributed by atoms with Crippen molar-refractivity contribution < 1.29 is 14.7 Å². The van der Waals surface area contributed by atoms with Crippen LogP contribution in [-0.2, 0) is 22.6 Å². The SMILES string of the molecule is C[C@@H]1CNC[C@H]1C(=O)N1Cc2ccccc2C[C@@H]1C(=O)O. The first-order chi connectivity index (χ1) is 10.1. The number of fused-ring (bicyclic) bond motifs is 1. The van der Waals surface area contributed by atoms with E-state index in [2.05, 4.69) is 5.32 Å². The van der Waals surface area contributed by atoms with Crippen LogP contribution < -0.4 is 5.32 Å². The molecule has 1 amide bonds. The summed E-state index contributed by atoms with van der Waals surface area (Å²) in [4.78, 5) is 25.9. The van der Waals surface area contributed by atoms with Gasteiger partial charge in [-0.1, -0.05) is 31.2 Å². The van der Waals surface area contributed by atoms with Crippen molar-refractivity contribution in [2.24, 2.45) is 11.8 Å². The Bertz CT molecular complexity index is 572. The van der Waals surface area contributed by atoms with Gasteiger partial charge in [0.05, 0.1) is 5.92 Å². The maximum atomic E-state index is 12.8. The smallest absolute Gasteiger partial charge is 0.326 e. The van der Waals surface area contributed by atoms with Gasteiger partial charge in [-0.3, -0.25) is 4.79 Å². The van der Waals surface area contributed by atoms with Crippen LogP contribution in [0.2, 0.25) is 0 Å². The Hall–Kier alpha value is -1.88. The van der Waals surface area contributed by atoms with Crippen LogP contribution in [0.15, 0.2) is 24.3 Å². The van der Waals surface area contributed by atoms with Crippen molar-refractivity contribution in [3.05, 3.63) is 35.4 Å². The lowest BCUT2D eigenvalue weighted by atomic mass is 9.90. The summed E-state index contributed by atoms with van der Waals surface area (Å²) in [5.74, 6) is -0.813. The van der Waals surface area contributed by atoms with Gasteiger partial charge in [-0.05, 0) is 23.6 Å². The molecule has 0 bridgehead atoms. The maximum Gasteiger partial charge on any atom is 0.326 e. The Morgan fingerprint density at radius 2 is 1.95 bits per heavy atom. The van der Waals surface area contributed by atoms with Crippen LogP contribution in [0.1, 0.15) is 18.1 Å². The van der Waals surface area contributed by atoms with E-state index in [1.807, 2.05) is 31.2 Å². The second-order valence-electron chi connectivity index (χ2n) is 6.04. The molecule has 0 saturated carbocycles. The van der Waals surface area contributed by atoms with Gasteiger partial charge in [0.15, 0.2) is 0 Å². The number of carboxylic acid groups (broad SMARTS) is 1. The van der Waals surface area contributed by atoms with Crippen molar-refractivity contribution in [1.29, 1.82) is 0 Å². The van der Waals surface area contributed by atoms with E-state index >= 15 is 0 Å². The Morgan fingerprint density at radius 1 is 1.24 bits per heavy atom. The summed E-state index contributed by atoms with van der Waals surface area (Å²) >= 11 is 0. The Labute approximate surface area is 123 Å². The predicted molar refractivity (Wildman–Crippen MR) is 77.6 cm³/mol. The zero-order valence-corrected chi connectivity index (χ0v) is 12.1. The summed E-state index contributed by atoms with van der Waals surface area (Å²) < 4.78 is 0. The Morgan fingerprint density at radius 3 is 2.57 bits per heavy atom. The predicted octanol–water partition coefficient (Wildman–Crippen LogP) is 0.880. The molecule has 3 rings (SSSR count). The lowest BCUT2D eigenvalue weighted by Gasteiger charge is -2.36. The van der Waals surface area contributed by atoms with Gasteiger partial charge in [0.25, 0.3) is 0 Å². The molecule has 0 radical (unpaired) electrons. The van der Waals surface area contributed by atoms with Gasteiger partial charge in [0.2, 0.25) is 5.91 Å². The van der Waals surface area contributed by atoms with Gasteiger partial charge >= 0.3 is 5.97 Å². The Kier molecular flexibility index (Phi) is 3.68. The molecule has 0 aromatic heterocycles. The average Bonchev–Trinajstić information content (AvgIpc) is 2.91. The molecule has 0 unspecified atom stereocenters. The molecule has 0 spiro atoms. The highest BCUT2D eigenvalue weighted by Gasteiger charge is 2.40. The minimum Gasteiger partial charge on any atom is -0.480 e. The number of amides is 1. The highest BCUT2D eigenvalue weighted by molar-refractivity contribution is 5.86. The summed E-state index contributed by atoms with van der Waals surface area (Å²) in [6, 6.07) is 7.03. The largest absolute Gasteiger partial charge is 0.480 e. The van der Waals surface area contributed by atoms with E-state index in [1.165, 1.54) is 0 Å². The number of carboxylic acids is 1. The lowest BCUT2D eigenvalue weighted by Crippen LogP contribution is -2.51. The van der Waals surface area contributed by atoms with Crippen LogP contribution >= 0.6 is 0 Å². The van der Waals surface area contributed by atoms with Crippen LogP contribution in [0.5, 0.6) is 0 Å². The fourth-order valence-corrected chi connectivity index (χ4v) is 3.33. The van der Waals surface area contributed by atoms with Crippen LogP contribution in [0, 0.1) is 11.8 Å². The van der Waals surface area contributed by atoms with E-state index in [0.29, 0.717) is 19.5 Å². The number of carbonyl (C=O) groups excluding carboxylic acids is 1. The lowest BCUT2D eigenvalue weighted by molar-refractivity contribution is -0.153. The topological polar surface area (TPSA) is 69.6 Å². The second kappa shape index (κ2) is 5.48. The van der Waals surface area contributed by atoms with E-state index in [-0.39, 0.29) is 17.7 Å². The van der Waals surface area contributed by atoms with E-state index < -0.39 is 12.0 Å². The summed E-state index contributed by atoms with van der Waals surface area (Å²) in [6.45, 7) is 3.90. The Balaban J connectivity index is 1.89. The van der Waals surface area contributed by atoms with Gasteiger partial charge in [-0.2, -0.15) is 0 Å². The van der Waals surface area contributed by atoms with Crippen molar-refractivity contribution in [1.82, 2.24) is 10.2 Å². The first-order valence-corrected chi connectivity index (χ1v) is 7.38.